The maximum Gasteiger partial charge on any atom is 0.232 e. The van der Waals surface area contributed by atoms with Crippen molar-refractivity contribution in [3.8, 4) is 11.3 Å². The molecule has 0 radical (unpaired) electrons. The molecular weight excluding hydrogens is 383 g/mol. The van der Waals surface area contributed by atoms with Crippen molar-refractivity contribution in [1.82, 2.24) is 4.98 Å². The van der Waals surface area contributed by atoms with Gasteiger partial charge in [0.2, 0.25) is 10.0 Å². The highest BCUT2D eigenvalue weighted by molar-refractivity contribution is 7.92. The molecule has 0 aliphatic heterocycles. The summed E-state index contributed by atoms with van der Waals surface area (Å²) in [5.74, 6) is 0.607. The van der Waals surface area contributed by atoms with Crippen molar-refractivity contribution in [3.05, 3.63) is 70.7 Å². The molecule has 1 aromatic heterocycles. The van der Waals surface area contributed by atoms with E-state index in [2.05, 4.69) is 4.98 Å². The lowest BCUT2D eigenvalue weighted by Crippen LogP contribution is -2.29. The van der Waals surface area contributed by atoms with Crippen molar-refractivity contribution in [3.63, 3.8) is 0 Å². The molecule has 0 amide bonds. The number of nitrogens with zero attached hydrogens (tertiary/aromatic N) is 2. The van der Waals surface area contributed by atoms with Crippen LogP contribution in [-0.4, -0.2) is 19.7 Å². The van der Waals surface area contributed by atoms with Crippen molar-refractivity contribution in [1.29, 1.82) is 0 Å². The number of halogens is 2. The summed E-state index contributed by atoms with van der Waals surface area (Å²) in [6, 6.07) is 12.1. The number of aromatic nitrogens is 1. The van der Waals surface area contributed by atoms with E-state index in [1.54, 1.807) is 48.7 Å². The van der Waals surface area contributed by atoms with E-state index in [9.17, 15) is 8.42 Å². The van der Waals surface area contributed by atoms with Crippen LogP contribution in [0.25, 0.3) is 11.3 Å². The molecule has 0 bridgehead atoms. The second kappa shape index (κ2) is 7.07. The maximum absolute atomic E-state index is 12.3. The van der Waals surface area contributed by atoms with Crippen molar-refractivity contribution in [2.24, 2.45) is 0 Å². The standard InChI is InChI=1S/C17H14Cl2N2O3S/c1-25(22,23)21(10-13-3-2-4-15(18)17(13)19)14-7-5-12(6-8-14)16-9-20-11-24-16/h2-9,11H,10H2,1H3. The van der Waals surface area contributed by atoms with Gasteiger partial charge < -0.3 is 4.42 Å². The van der Waals surface area contributed by atoms with E-state index < -0.39 is 10.0 Å². The molecular formula is C17H14Cl2N2O3S. The van der Waals surface area contributed by atoms with Gasteiger partial charge in [-0.25, -0.2) is 13.4 Å². The highest BCUT2D eigenvalue weighted by atomic mass is 35.5. The highest BCUT2D eigenvalue weighted by Crippen LogP contribution is 2.30. The third-order valence-electron chi connectivity index (χ3n) is 3.62. The Bertz CT molecular complexity index is 972. The summed E-state index contributed by atoms with van der Waals surface area (Å²) in [6.07, 6.45) is 4.08. The van der Waals surface area contributed by atoms with E-state index in [4.69, 9.17) is 27.6 Å². The monoisotopic (exact) mass is 396 g/mol. The maximum atomic E-state index is 12.3. The van der Waals surface area contributed by atoms with Crippen LogP contribution in [-0.2, 0) is 16.6 Å². The fraction of sp³-hybridized carbons (Fsp3) is 0.118. The fourth-order valence-corrected chi connectivity index (χ4v) is 3.63. The molecule has 0 aliphatic carbocycles. The molecule has 2 aromatic carbocycles. The number of benzene rings is 2. The zero-order chi connectivity index (χ0) is 18.0. The Morgan fingerprint density at radius 3 is 2.44 bits per heavy atom. The van der Waals surface area contributed by atoms with E-state index in [0.717, 1.165) is 11.8 Å². The molecule has 8 heteroatoms. The zero-order valence-corrected chi connectivity index (χ0v) is 15.5. The van der Waals surface area contributed by atoms with Gasteiger partial charge in [0, 0.05) is 5.56 Å². The Morgan fingerprint density at radius 1 is 1.12 bits per heavy atom. The van der Waals surface area contributed by atoms with Crippen LogP contribution in [0.4, 0.5) is 5.69 Å². The molecule has 0 saturated heterocycles. The van der Waals surface area contributed by atoms with Crippen LogP contribution in [0.1, 0.15) is 5.56 Å². The van der Waals surface area contributed by atoms with Gasteiger partial charge in [-0.05, 0) is 35.9 Å². The molecule has 0 fully saturated rings. The summed E-state index contributed by atoms with van der Waals surface area (Å²) < 4.78 is 31.0. The molecule has 25 heavy (non-hydrogen) atoms. The van der Waals surface area contributed by atoms with Gasteiger partial charge in [-0.3, -0.25) is 4.31 Å². The van der Waals surface area contributed by atoms with Crippen LogP contribution in [0.5, 0.6) is 0 Å². The minimum atomic E-state index is -3.52. The Kier molecular flexibility index (Phi) is 5.03. The summed E-state index contributed by atoms with van der Waals surface area (Å²) in [6.45, 7) is 0.0832. The first-order valence-electron chi connectivity index (χ1n) is 7.26. The van der Waals surface area contributed by atoms with Crippen LogP contribution < -0.4 is 4.31 Å². The van der Waals surface area contributed by atoms with Crippen LogP contribution in [0.15, 0.2) is 59.5 Å². The number of oxazole rings is 1. The molecule has 0 aliphatic rings. The fourth-order valence-electron chi connectivity index (χ4n) is 2.38. The molecule has 0 N–H and O–H groups in total. The summed E-state index contributed by atoms with van der Waals surface area (Å²) >= 11 is 12.2. The van der Waals surface area contributed by atoms with Crippen molar-refractivity contribution < 1.29 is 12.8 Å². The van der Waals surface area contributed by atoms with E-state index in [0.29, 0.717) is 27.1 Å². The Labute approximate surface area is 155 Å². The van der Waals surface area contributed by atoms with Crippen LogP contribution in [0.2, 0.25) is 10.0 Å². The molecule has 1 heterocycles. The van der Waals surface area contributed by atoms with Crippen molar-refractivity contribution in [2.45, 2.75) is 6.54 Å². The predicted molar refractivity (Wildman–Crippen MR) is 99.4 cm³/mol. The molecule has 5 nitrogen and oxygen atoms in total. The van der Waals surface area contributed by atoms with Gasteiger partial charge in [-0.15, -0.1) is 0 Å². The first kappa shape index (κ1) is 17.8. The lowest BCUT2D eigenvalue weighted by Gasteiger charge is -2.23. The molecule has 0 saturated carbocycles. The third kappa shape index (κ3) is 3.98. The molecule has 0 atom stereocenters. The minimum absolute atomic E-state index is 0.0832. The van der Waals surface area contributed by atoms with E-state index >= 15 is 0 Å². The van der Waals surface area contributed by atoms with E-state index in [1.807, 2.05) is 0 Å². The number of rotatable bonds is 5. The largest absolute Gasteiger partial charge is 0.444 e. The number of hydrogen-bond donors (Lipinski definition) is 0. The van der Waals surface area contributed by atoms with Crippen LogP contribution >= 0.6 is 23.2 Å². The average Bonchev–Trinajstić information content (AvgIpc) is 3.10. The molecule has 3 aromatic rings. The van der Waals surface area contributed by atoms with Crippen molar-refractivity contribution in [2.75, 3.05) is 10.6 Å². The summed E-state index contributed by atoms with van der Waals surface area (Å²) in [5, 5.41) is 0.726. The second-order valence-corrected chi connectivity index (χ2v) is 8.09. The molecule has 130 valence electrons. The summed E-state index contributed by atoms with van der Waals surface area (Å²) in [5.41, 5.74) is 1.94. The van der Waals surface area contributed by atoms with Crippen LogP contribution in [0.3, 0.4) is 0 Å². The lowest BCUT2D eigenvalue weighted by molar-refractivity contribution is 0.572. The van der Waals surface area contributed by atoms with E-state index in [1.165, 1.54) is 10.7 Å². The highest BCUT2D eigenvalue weighted by Gasteiger charge is 2.20. The first-order chi connectivity index (χ1) is 11.9. The Balaban J connectivity index is 1.95. The SMILES string of the molecule is CS(=O)(=O)N(Cc1cccc(Cl)c1Cl)c1ccc(-c2cnco2)cc1. The topological polar surface area (TPSA) is 63.4 Å². The summed E-state index contributed by atoms with van der Waals surface area (Å²) in [4.78, 5) is 3.87. The lowest BCUT2D eigenvalue weighted by atomic mass is 10.1. The normalized spacial score (nSPS) is 11.5. The van der Waals surface area contributed by atoms with Gasteiger partial charge in [-0.2, -0.15) is 0 Å². The smallest absolute Gasteiger partial charge is 0.232 e. The molecule has 0 spiro atoms. The zero-order valence-electron chi connectivity index (χ0n) is 13.2. The van der Waals surface area contributed by atoms with Crippen LogP contribution in [0, 0.1) is 0 Å². The third-order valence-corrected chi connectivity index (χ3v) is 5.62. The van der Waals surface area contributed by atoms with Crippen molar-refractivity contribution >= 4 is 38.9 Å². The Hall–Kier alpha value is -2.02. The van der Waals surface area contributed by atoms with Gasteiger partial charge >= 0.3 is 0 Å². The Morgan fingerprint density at radius 2 is 1.84 bits per heavy atom. The summed E-state index contributed by atoms with van der Waals surface area (Å²) in [7, 11) is -3.52. The van der Waals surface area contributed by atoms with Gasteiger partial charge in [0.25, 0.3) is 0 Å². The first-order valence-corrected chi connectivity index (χ1v) is 9.86. The second-order valence-electron chi connectivity index (χ2n) is 5.40. The number of hydrogen-bond acceptors (Lipinski definition) is 4. The quantitative estimate of drug-likeness (QED) is 0.631. The number of anilines is 1. The van der Waals surface area contributed by atoms with E-state index in [-0.39, 0.29) is 6.54 Å². The molecule has 3 rings (SSSR count). The predicted octanol–water partition coefficient (Wildman–Crippen LogP) is 4.61. The van der Waals surface area contributed by atoms with Gasteiger partial charge in [0.05, 0.1) is 34.7 Å². The molecule has 0 unspecified atom stereocenters. The van der Waals surface area contributed by atoms with Gasteiger partial charge in [0.15, 0.2) is 12.2 Å². The van der Waals surface area contributed by atoms with Gasteiger partial charge in [0.1, 0.15) is 0 Å². The minimum Gasteiger partial charge on any atom is -0.444 e. The number of sulfonamides is 1. The average molecular weight is 397 g/mol. The van der Waals surface area contributed by atoms with Gasteiger partial charge in [-0.1, -0.05) is 35.3 Å².